The fraction of sp³-hybridized carbons (Fsp3) is 0.200. The molecule has 16 heavy (non-hydrogen) atoms. The molecule has 0 aliphatic carbocycles. The van der Waals surface area contributed by atoms with Crippen LogP contribution in [0.1, 0.15) is 17.3 Å². The van der Waals surface area contributed by atoms with Gasteiger partial charge in [0, 0.05) is 8.95 Å². The normalized spacial score (nSPS) is 9.69. The summed E-state index contributed by atoms with van der Waals surface area (Å²) in [6.07, 6.45) is 0.564. The zero-order valence-electron chi connectivity index (χ0n) is 8.42. The van der Waals surface area contributed by atoms with Crippen LogP contribution < -0.4 is 5.32 Å². The maximum atomic E-state index is 11.5. The highest BCUT2D eigenvalue weighted by Crippen LogP contribution is 2.32. The van der Waals surface area contributed by atoms with Crippen molar-refractivity contribution >= 4 is 49.9 Å². The molecule has 0 atom stereocenters. The summed E-state index contributed by atoms with van der Waals surface area (Å²) in [5.41, 5.74) is 0.986. The average Bonchev–Trinajstić information content (AvgIpc) is 2.23. The van der Waals surface area contributed by atoms with Crippen molar-refractivity contribution in [3.8, 4) is 0 Å². The van der Waals surface area contributed by atoms with E-state index in [9.17, 15) is 9.59 Å². The van der Waals surface area contributed by atoms with Crippen LogP contribution in [0, 0.1) is 0 Å². The molecule has 0 bridgehead atoms. The first-order chi connectivity index (χ1) is 7.60. The van der Waals surface area contributed by atoms with E-state index in [1.165, 1.54) is 0 Å². The van der Waals surface area contributed by atoms with Crippen molar-refractivity contribution in [1.82, 2.24) is 0 Å². The monoisotopic (exact) mass is 349 g/mol. The molecule has 0 unspecified atom stereocenters. The van der Waals surface area contributed by atoms with Crippen LogP contribution in [-0.2, 0) is 9.53 Å². The third kappa shape index (κ3) is 3.05. The van der Waals surface area contributed by atoms with Gasteiger partial charge in [-0.05, 0) is 50.9 Å². The maximum absolute atomic E-state index is 11.5. The van der Waals surface area contributed by atoms with Gasteiger partial charge in [0.05, 0.1) is 17.9 Å². The van der Waals surface area contributed by atoms with E-state index in [4.69, 9.17) is 4.74 Å². The molecule has 0 saturated carbocycles. The van der Waals surface area contributed by atoms with E-state index < -0.39 is 5.97 Å². The molecule has 1 N–H and O–H groups in total. The number of esters is 1. The van der Waals surface area contributed by atoms with Gasteiger partial charge in [-0.3, -0.25) is 4.79 Å². The van der Waals surface area contributed by atoms with Crippen molar-refractivity contribution in [1.29, 1.82) is 0 Å². The molecule has 0 aliphatic rings. The van der Waals surface area contributed by atoms with Crippen molar-refractivity contribution in [3.63, 3.8) is 0 Å². The average molecular weight is 351 g/mol. The summed E-state index contributed by atoms with van der Waals surface area (Å²) in [6.45, 7) is 2.06. The Labute approximate surface area is 110 Å². The van der Waals surface area contributed by atoms with Crippen LogP contribution in [0.25, 0.3) is 0 Å². The second kappa shape index (κ2) is 6.00. The molecular formula is C10H9Br2NO3. The molecule has 0 radical (unpaired) electrons. The van der Waals surface area contributed by atoms with Crippen molar-refractivity contribution in [2.75, 3.05) is 11.9 Å². The summed E-state index contributed by atoms with van der Waals surface area (Å²) in [5, 5.41) is 2.52. The van der Waals surface area contributed by atoms with E-state index in [0.29, 0.717) is 33.2 Å². The summed E-state index contributed by atoms with van der Waals surface area (Å²) in [6, 6.07) is 3.18. The SMILES string of the molecule is CCOC(=O)c1cc(Br)c(NC=O)c(Br)c1. The summed E-state index contributed by atoms with van der Waals surface area (Å²) < 4.78 is 6.08. The number of anilines is 1. The van der Waals surface area contributed by atoms with E-state index >= 15 is 0 Å². The molecule has 86 valence electrons. The Hall–Kier alpha value is -0.880. The molecule has 6 heteroatoms. The number of rotatable bonds is 4. The number of nitrogens with one attached hydrogen (secondary N) is 1. The fourth-order valence-electron chi connectivity index (χ4n) is 1.10. The Morgan fingerprint density at radius 2 is 2.00 bits per heavy atom. The van der Waals surface area contributed by atoms with Crippen LogP contribution in [0.3, 0.4) is 0 Å². The van der Waals surface area contributed by atoms with E-state index in [1.807, 2.05) is 0 Å². The summed E-state index contributed by atoms with van der Waals surface area (Å²) in [4.78, 5) is 21.8. The highest BCUT2D eigenvalue weighted by atomic mass is 79.9. The number of hydrogen-bond acceptors (Lipinski definition) is 3. The molecule has 1 aromatic rings. The first-order valence-electron chi connectivity index (χ1n) is 4.46. The van der Waals surface area contributed by atoms with Gasteiger partial charge in [0.15, 0.2) is 0 Å². The predicted octanol–water partition coefficient (Wildman–Crippen LogP) is 2.96. The molecule has 1 rings (SSSR count). The standard InChI is InChI=1S/C10H9Br2NO3/c1-2-16-10(15)6-3-7(11)9(13-5-14)8(12)4-6/h3-5H,2H2,1H3,(H,13,14). The maximum Gasteiger partial charge on any atom is 0.338 e. The highest BCUT2D eigenvalue weighted by molar-refractivity contribution is 9.11. The second-order valence-corrected chi connectivity index (χ2v) is 4.51. The molecule has 0 aliphatic heterocycles. The molecule has 0 spiro atoms. The van der Waals surface area contributed by atoms with Crippen molar-refractivity contribution in [2.45, 2.75) is 6.92 Å². The quantitative estimate of drug-likeness (QED) is 0.671. The van der Waals surface area contributed by atoms with Gasteiger partial charge < -0.3 is 10.1 Å². The van der Waals surface area contributed by atoms with Gasteiger partial charge in [-0.1, -0.05) is 0 Å². The van der Waals surface area contributed by atoms with Crippen LogP contribution in [0.4, 0.5) is 5.69 Å². The van der Waals surface area contributed by atoms with Gasteiger partial charge >= 0.3 is 5.97 Å². The molecular weight excluding hydrogens is 342 g/mol. The Morgan fingerprint density at radius 3 is 2.44 bits per heavy atom. The van der Waals surface area contributed by atoms with E-state index in [-0.39, 0.29) is 0 Å². The highest BCUT2D eigenvalue weighted by Gasteiger charge is 2.12. The smallest absolute Gasteiger partial charge is 0.338 e. The zero-order chi connectivity index (χ0) is 12.1. The van der Waals surface area contributed by atoms with Gasteiger partial charge in [0.1, 0.15) is 0 Å². The number of hydrogen-bond donors (Lipinski definition) is 1. The summed E-state index contributed by atoms with van der Waals surface area (Å²) >= 11 is 6.52. The minimum Gasteiger partial charge on any atom is -0.462 e. The minimum absolute atomic E-state index is 0.322. The molecule has 0 heterocycles. The molecule has 0 aromatic heterocycles. The lowest BCUT2D eigenvalue weighted by atomic mass is 10.2. The van der Waals surface area contributed by atoms with E-state index in [0.717, 1.165) is 0 Å². The number of ether oxygens (including phenoxy) is 1. The van der Waals surface area contributed by atoms with Crippen molar-refractivity contribution < 1.29 is 14.3 Å². The summed E-state index contributed by atoms with van der Waals surface area (Å²) in [7, 11) is 0. The second-order valence-electron chi connectivity index (χ2n) is 2.80. The zero-order valence-corrected chi connectivity index (χ0v) is 11.6. The van der Waals surface area contributed by atoms with Gasteiger partial charge in [-0.15, -0.1) is 0 Å². The van der Waals surface area contributed by atoms with Crippen molar-refractivity contribution in [3.05, 3.63) is 26.6 Å². The Morgan fingerprint density at radius 1 is 1.44 bits per heavy atom. The summed E-state index contributed by atoms with van der Waals surface area (Å²) in [5.74, 6) is -0.401. The van der Waals surface area contributed by atoms with Crippen LogP contribution in [-0.4, -0.2) is 19.0 Å². The Balaban J connectivity index is 3.08. The lowest BCUT2D eigenvalue weighted by Crippen LogP contribution is -2.06. The van der Waals surface area contributed by atoms with E-state index in [2.05, 4.69) is 37.2 Å². The number of halogens is 2. The van der Waals surface area contributed by atoms with Gasteiger partial charge in [0.25, 0.3) is 0 Å². The lowest BCUT2D eigenvalue weighted by molar-refractivity contribution is -0.105. The first-order valence-corrected chi connectivity index (χ1v) is 6.05. The van der Waals surface area contributed by atoms with Crippen LogP contribution >= 0.6 is 31.9 Å². The fourth-order valence-corrected chi connectivity index (χ4v) is 2.52. The number of amides is 1. The van der Waals surface area contributed by atoms with Crippen LogP contribution in [0.15, 0.2) is 21.1 Å². The van der Waals surface area contributed by atoms with Crippen molar-refractivity contribution in [2.24, 2.45) is 0 Å². The van der Waals surface area contributed by atoms with Gasteiger partial charge in [0.2, 0.25) is 6.41 Å². The minimum atomic E-state index is -0.401. The Kier molecular flexibility index (Phi) is 4.95. The van der Waals surface area contributed by atoms with Crippen LogP contribution in [0.5, 0.6) is 0 Å². The van der Waals surface area contributed by atoms with Gasteiger partial charge in [-0.25, -0.2) is 4.79 Å². The largest absolute Gasteiger partial charge is 0.462 e. The number of carbonyl (C=O) groups excluding carboxylic acids is 2. The molecule has 0 saturated heterocycles. The van der Waals surface area contributed by atoms with Crippen LogP contribution in [0.2, 0.25) is 0 Å². The van der Waals surface area contributed by atoms with E-state index in [1.54, 1.807) is 19.1 Å². The molecule has 0 fully saturated rings. The predicted molar refractivity (Wildman–Crippen MR) is 67.5 cm³/mol. The third-order valence-electron chi connectivity index (χ3n) is 1.76. The Bertz CT molecular complexity index is 398. The third-order valence-corrected chi connectivity index (χ3v) is 3.01. The first kappa shape index (κ1) is 13.2. The number of carbonyl (C=O) groups is 2. The molecule has 4 nitrogen and oxygen atoms in total. The number of benzene rings is 1. The van der Waals surface area contributed by atoms with Gasteiger partial charge in [-0.2, -0.15) is 0 Å². The lowest BCUT2D eigenvalue weighted by Gasteiger charge is -2.08. The molecule has 1 aromatic carbocycles. The topological polar surface area (TPSA) is 55.4 Å². The molecule has 1 amide bonds.